The van der Waals surface area contributed by atoms with Crippen LogP contribution < -0.4 is 5.32 Å². The molecule has 0 radical (unpaired) electrons. The van der Waals surface area contributed by atoms with Crippen molar-refractivity contribution in [3.63, 3.8) is 0 Å². The minimum atomic E-state index is 0.321. The normalized spacial score (nSPS) is 12.4. The Balaban J connectivity index is 2.00. The van der Waals surface area contributed by atoms with Gasteiger partial charge in [-0.2, -0.15) is 0 Å². The first kappa shape index (κ1) is 12.7. The lowest BCUT2D eigenvalue weighted by Gasteiger charge is -2.16. The maximum absolute atomic E-state index is 4.39. The molecule has 0 fully saturated rings. The Bertz CT molecular complexity index is 523. The highest BCUT2D eigenvalue weighted by Crippen LogP contribution is 2.16. The molecule has 0 spiro atoms. The van der Waals surface area contributed by atoms with E-state index in [0.29, 0.717) is 6.04 Å². The summed E-state index contributed by atoms with van der Waals surface area (Å²) >= 11 is 0. The van der Waals surface area contributed by atoms with Crippen molar-refractivity contribution < 1.29 is 0 Å². The van der Waals surface area contributed by atoms with Crippen LogP contribution in [-0.4, -0.2) is 9.97 Å². The van der Waals surface area contributed by atoms with Gasteiger partial charge in [-0.1, -0.05) is 24.3 Å². The summed E-state index contributed by atoms with van der Waals surface area (Å²) < 4.78 is 0. The van der Waals surface area contributed by atoms with Crippen molar-refractivity contribution in [3.05, 3.63) is 59.2 Å². The van der Waals surface area contributed by atoms with Crippen LogP contribution in [0.1, 0.15) is 35.6 Å². The van der Waals surface area contributed by atoms with E-state index < -0.39 is 0 Å². The van der Waals surface area contributed by atoms with Crippen LogP contribution in [0.3, 0.4) is 0 Å². The van der Waals surface area contributed by atoms with Gasteiger partial charge in [-0.05, 0) is 38.0 Å². The Labute approximate surface area is 108 Å². The number of benzene rings is 1. The van der Waals surface area contributed by atoms with Gasteiger partial charge in [0.25, 0.3) is 0 Å². The summed E-state index contributed by atoms with van der Waals surface area (Å²) in [5.74, 6) is 0.817. The molecule has 1 N–H and O–H groups in total. The zero-order valence-electron chi connectivity index (χ0n) is 11.1. The fourth-order valence-corrected chi connectivity index (χ4v) is 2.04. The maximum atomic E-state index is 4.39. The van der Waals surface area contributed by atoms with Gasteiger partial charge in [-0.3, -0.25) is 0 Å². The third-order valence-corrected chi connectivity index (χ3v) is 3.08. The van der Waals surface area contributed by atoms with E-state index in [4.69, 9.17) is 0 Å². The van der Waals surface area contributed by atoms with Gasteiger partial charge in [0, 0.05) is 18.8 Å². The van der Waals surface area contributed by atoms with E-state index in [-0.39, 0.29) is 0 Å². The number of nitrogens with zero attached hydrogens (tertiary/aromatic N) is 2. The van der Waals surface area contributed by atoms with Gasteiger partial charge in [0.2, 0.25) is 0 Å². The summed E-state index contributed by atoms with van der Waals surface area (Å²) in [7, 11) is 0. The van der Waals surface area contributed by atoms with Gasteiger partial charge in [0.15, 0.2) is 0 Å². The number of hydrogen-bond acceptors (Lipinski definition) is 3. The van der Waals surface area contributed by atoms with Crippen molar-refractivity contribution in [3.8, 4) is 0 Å². The second-order valence-electron chi connectivity index (χ2n) is 4.55. The van der Waals surface area contributed by atoms with Crippen LogP contribution in [-0.2, 0) is 6.54 Å². The first-order valence-corrected chi connectivity index (χ1v) is 6.24. The fourth-order valence-electron chi connectivity index (χ4n) is 2.04. The van der Waals surface area contributed by atoms with Crippen LogP contribution >= 0.6 is 0 Å². The predicted octanol–water partition coefficient (Wildman–Crippen LogP) is 2.94. The second-order valence-corrected chi connectivity index (χ2v) is 4.55. The van der Waals surface area contributed by atoms with Gasteiger partial charge in [-0.15, -0.1) is 0 Å². The molecule has 0 saturated carbocycles. The minimum absolute atomic E-state index is 0.321. The van der Waals surface area contributed by atoms with Crippen LogP contribution in [0.25, 0.3) is 0 Å². The highest BCUT2D eigenvalue weighted by molar-refractivity contribution is 5.28. The second kappa shape index (κ2) is 5.74. The smallest absolute Gasteiger partial charge is 0.125 e. The highest BCUT2D eigenvalue weighted by Gasteiger charge is 2.07. The standard InChI is InChI=1S/C15H19N3/c1-11-6-4-5-7-15(11)12(2)17-10-14-8-9-16-13(3)18-14/h4-9,12,17H,10H2,1-3H3/t12-/m1/s1. The Morgan fingerprint density at radius 1 is 1.17 bits per heavy atom. The Morgan fingerprint density at radius 2 is 1.94 bits per heavy atom. The third-order valence-electron chi connectivity index (χ3n) is 3.08. The molecule has 0 aliphatic carbocycles. The quantitative estimate of drug-likeness (QED) is 0.894. The van der Waals surface area contributed by atoms with Crippen molar-refractivity contribution in [2.45, 2.75) is 33.4 Å². The summed E-state index contributed by atoms with van der Waals surface area (Å²) in [5.41, 5.74) is 3.68. The molecule has 1 aromatic carbocycles. The van der Waals surface area contributed by atoms with E-state index in [2.05, 4.69) is 53.4 Å². The van der Waals surface area contributed by atoms with Crippen LogP contribution in [0, 0.1) is 13.8 Å². The Kier molecular flexibility index (Phi) is 4.05. The molecule has 0 aliphatic heterocycles. The monoisotopic (exact) mass is 241 g/mol. The van der Waals surface area contributed by atoms with E-state index in [1.165, 1.54) is 11.1 Å². The lowest BCUT2D eigenvalue weighted by molar-refractivity contribution is 0.564. The van der Waals surface area contributed by atoms with E-state index in [9.17, 15) is 0 Å². The Hall–Kier alpha value is -1.74. The number of nitrogens with one attached hydrogen (secondary N) is 1. The molecule has 3 heteroatoms. The summed E-state index contributed by atoms with van der Waals surface area (Å²) in [5, 5.41) is 3.49. The summed E-state index contributed by atoms with van der Waals surface area (Å²) in [6.07, 6.45) is 1.80. The largest absolute Gasteiger partial charge is 0.305 e. The molecule has 2 aromatic rings. The van der Waals surface area contributed by atoms with Crippen molar-refractivity contribution >= 4 is 0 Å². The molecular formula is C15H19N3. The minimum Gasteiger partial charge on any atom is -0.305 e. The number of hydrogen-bond donors (Lipinski definition) is 1. The topological polar surface area (TPSA) is 37.8 Å². The molecule has 0 amide bonds. The van der Waals surface area contributed by atoms with Gasteiger partial charge in [-0.25, -0.2) is 9.97 Å². The lowest BCUT2D eigenvalue weighted by Crippen LogP contribution is -2.19. The zero-order valence-corrected chi connectivity index (χ0v) is 11.1. The predicted molar refractivity (Wildman–Crippen MR) is 73.2 cm³/mol. The Morgan fingerprint density at radius 3 is 2.67 bits per heavy atom. The zero-order chi connectivity index (χ0) is 13.0. The SMILES string of the molecule is Cc1nccc(CN[C@H](C)c2ccccc2C)n1. The molecule has 0 saturated heterocycles. The van der Waals surface area contributed by atoms with E-state index in [1.54, 1.807) is 6.20 Å². The van der Waals surface area contributed by atoms with E-state index in [1.807, 2.05) is 13.0 Å². The van der Waals surface area contributed by atoms with Crippen molar-refractivity contribution in [2.24, 2.45) is 0 Å². The molecule has 0 bridgehead atoms. The third kappa shape index (κ3) is 3.14. The molecular weight excluding hydrogens is 222 g/mol. The molecule has 18 heavy (non-hydrogen) atoms. The molecule has 0 unspecified atom stereocenters. The summed E-state index contributed by atoms with van der Waals surface area (Å²) in [6, 6.07) is 10.7. The molecule has 3 nitrogen and oxygen atoms in total. The summed E-state index contributed by atoms with van der Waals surface area (Å²) in [6.45, 7) is 6.99. The van der Waals surface area contributed by atoms with Crippen molar-refractivity contribution in [1.82, 2.24) is 15.3 Å². The van der Waals surface area contributed by atoms with Crippen LogP contribution in [0.15, 0.2) is 36.5 Å². The van der Waals surface area contributed by atoms with Crippen LogP contribution in [0.2, 0.25) is 0 Å². The van der Waals surface area contributed by atoms with Crippen molar-refractivity contribution in [1.29, 1.82) is 0 Å². The first-order valence-electron chi connectivity index (χ1n) is 6.24. The van der Waals surface area contributed by atoms with Gasteiger partial charge in [0.1, 0.15) is 5.82 Å². The lowest BCUT2D eigenvalue weighted by atomic mass is 10.0. The van der Waals surface area contributed by atoms with Crippen molar-refractivity contribution in [2.75, 3.05) is 0 Å². The summed E-state index contributed by atoms with van der Waals surface area (Å²) in [4.78, 5) is 8.49. The van der Waals surface area contributed by atoms with E-state index in [0.717, 1.165) is 18.1 Å². The van der Waals surface area contributed by atoms with Gasteiger partial charge < -0.3 is 5.32 Å². The average molecular weight is 241 g/mol. The molecule has 1 aromatic heterocycles. The van der Waals surface area contributed by atoms with Gasteiger partial charge in [0.05, 0.1) is 5.69 Å². The van der Waals surface area contributed by atoms with Crippen LogP contribution in [0.4, 0.5) is 0 Å². The number of aromatic nitrogens is 2. The molecule has 0 aliphatic rings. The number of aryl methyl sites for hydroxylation is 2. The maximum Gasteiger partial charge on any atom is 0.125 e. The molecule has 1 heterocycles. The average Bonchev–Trinajstić information content (AvgIpc) is 2.37. The van der Waals surface area contributed by atoms with E-state index >= 15 is 0 Å². The highest BCUT2D eigenvalue weighted by atomic mass is 14.9. The first-order chi connectivity index (χ1) is 8.66. The van der Waals surface area contributed by atoms with Crippen LogP contribution in [0.5, 0.6) is 0 Å². The molecule has 2 rings (SSSR count). The molecule has 94 valence electrons. The number of rotatable bonds is 4. The van der Waals surface area contributed by atoms with Gasteiger partial charge >= 0.3 is 0 Å². The molecule has 1 atom stereocenters. The fraction of sp³-hybridized carbons (Fsp3) is 0.333.